The quantitative estimate of drug-likeness (QED) is 0.839. The first-order chi connectivity index (χ1) is 8.69. The van der Waals surface area contributed by atoms with Gasteiger partial charge in [-0.15, -0.1) is 0 Å². The maximum absolute atomic E-state index is 5.89. The molecule has 0 saturated heterocycles. The van der Waals surface area contributed by atoms with Crippen LogP contribution in [0.1, 0.15) is 12.5 Å². The third-order valence-electron chi connectivity index (χ3n) is 2.53. The summed E-state index contributed by atoms with van der Waals surface area (Å²) in [4.78, 5) is 2.35. The number of hydrogen-bond donors (Lipinski definition) is 1. The van der Waals surface area contributed by atoms with E-state index in [1.165, 1.54) is 10.5 Å². The van der Waals surface area contributed by atoms with E-state index in [4.69, 9.17) is 10.5 Å². The highest BCUT2D eigenvalue weighted by Crippen LogP contribution is 2.33. The SMILES string of the molecule is CCOc1cc(N)cc(Sc2ccccc2C)c1. The van der Waals surface area contributed by atoms with Crippen molar-refractivity contribution in [2.45, 2.75) is 23.6 Å². The molecule has 2 N–H and O–H groups in total. The Bertz CT molecular complexity index is 540. The average molecular weight is 259 g/mol. The lowest BCUT2D eigenvalue weighted by Gasteiger charge is -2.09. The monoisotopic (exact) mass is 259 g/mol. The molecule has 0 atom stereocenters. The van der Waals surface area contributed by atoms with Gasteiger partial charge in [-0.3, -0.25) is 0 Å². The second-order valence-electron chi connectivity index (χ2n) is 4.04. The number of rotatable bonds is 4. The van der Waals surface area contributed by atoms with Crippen molar-refractivity contribution in [2.24, 2.45) is 0 Å². The summed E-state index contributed by atoms with van der Waals surface area (Å²) in [5, 5.41) is 0. The molecule has 18 heavy (non-hydrogen) atoms. The molecule has 0 aliphatic heterocycles. The van der Waals surface area contributed by atoms with Crippen LogP contribution in [-0.4, -0.2) is 6.61 Å². The van der Waals surface area contributed by atoms with E-state index in [2.05, 4.69) is 19.1 Å². The molecule has 0 heterocycles. The van der Waals surface area contributed by atoms with Crippen LogP contribution in [0.25, 0.3) is 0 Å². The van der Waals surface area contributed by atoms with Crippen molar-refractivity contribution in [1.29, 1.82) is 0 Å². The first-order valence-electron chi connectivity index (χ1n) is 5.96. The molecule has 2 nitrogen and oxygen atoms in total. The third-order valence-corrected chi connectivity index (χ3v) is 3.68. The summed E-state index contributed by atoms with van der Waals surface area (Å²) in [5.41, 5.74) is 7.89. The first-order valence-corrected chi connectivity index (χ1v) is 6.77. The maximum Gasteiger partial charge on any atom is 0.122 e. The fourth-order valence-corrected chi connectivity index (χ4v) is 2.70. The molecule has 0 aliphatic carbocycles. The molecule has 2 aromatic rings. The molecule has 0 aliphatic rings. The van der Waals surface area contributed by atoms with Gasteiger partial charge in [0.05, 0.1) is 6.61 Å². The number of aryl methyl sites for hydroxylation is 1. The molecule has 0 unspecified atom stereocenters. The Balaban J connectivity index is 2.26. The van der Waals surface area contributed by atoms with Gasteiger partial charge in [-0.1, -0.05) is 30.0 Å². The van der Waals surface area contributed by atoms with Gasteiger partial charge in [0.1, 0.15) is 5.75 Å². The molecule has 3 heteroatoms. The van der Waals surface area contributed by atoms with Gasteiger partial charge in [-0.25, -0.2) is 0 Å². The van der Waals surface area contributed by atoms with E-state index in [0.717, 1.165) is 16.3 Å². The highest BCUT2D eigenvalue weighted by atomic mass is 32.2. The smallest absolute Gasteiger partial charge is 0.122 e. The van der Waals surface area contributed by atoms with Gasteiger partial charge in [-0.05, 0) is 37.6 Å². The molecular weight excluding hydrogens is 242 g/mol. The second kappa shape index (κ2) is 5.83. The van der Waals surface area contributed by atoms with Crippen LogP contribution in [0.5, 0.6) is 5.75 Å². The summed E-state index contributed by atoms with van der Waals surface area (Å²) in [6.45, 7) is 4.73. The van der Waals surface area contributed by atoms with Crippen LogP contribution in [0.3, 0.4) is 0 Å². The van der Waals surface area contributed by atoms with Crippen molar-refractivity contribution < 1.29 is 4.74 Å². The van der Waals surface area contributed by atoms with Gasteiger partial charge < -0.3 is 10.5 Å². The maximum atomic E-state index is 5.89. The van der Waals surface area contributed by atoms with E-state index in [1.807, 2.05) is 37.3 Å². The van der Waals surface area contributed by atoms with Crippen molar-refractivity contribution in [3.8, 4) is 5.75 Å². The molecule has 0 bridgehead atoms. The zero-order valence-corrected chi connectivity index (χ0v) is 11.5. The fraction of sp³-hybridized carbons (Fsp3) is 0.200. The number of benzene rings is 2. The predicted molar refractivity (Wildman–Crippen MR) is 77.3 cm³/mol. The van der Waals surface area contributed by atoms with Crippen LogP contribution in [-0.2, 0) is 0 Å². The van der Waals surface area contributed by atoms with Crippen molar-refractivity contribution >= 4 is 17.4 Å². The van der Waals surface area contributed by atoms with Crippen LogP contribution in [0.15, 0.2) is 52.3 Å². The van der Waals surface area contributed by atoms with Crippen LogP contribution < -0.4 is 10.5 Å². The highest BCUT2D eigenvalue weighted by Gasteiger charge is 2.04. The van der Waals surface area contributed by atoms with Crippen molar-refractivity contribution in [2.75, 3.05) is 12.3 Å². The van der Waals surface area contributed by atoms with E-state index in [1.54, 1.807) is 11.8 Å². The molecular formula is C15H17NOS. The Morgan fingerprint density at radius 1 is 1.17 bits per heavy atom. The molecule has 0 saturated carbocycles. The minimum absolute atomic E-state index is 0.651. The minimum Gasteiger partial charge on any atom is -0.494 e. The lowest BCUT2D eigenvalue weighted by molar-refractivity contribution is 0.339. The minimum atomic E-state index is 0.651. The van der Waals surface area contributed by atoms with E-state index < -0.39 is 0 Å². The number of hydrogen-bond acceptors (Lipinski definition) is 3. The second-order valence-corrected chi connectivity index (χ2v) is 5.15. The lowest BCUT2D eigenvalue weighted by atomic mass is 10.2. The summed E-state index contributed by atoms with van der Waals surface area (Å²) in [5.74, 6) is 0.827. The van der Waals surface area contributed by atoms with E-state index in [9.17, 15) is 0 Å². The van der Waals surface area contributed by atoms with Gasteiger partial charge in [0, 0.05) is 21.5 Å². The van der Waals surface area contributed by atoms with Crippen molar-refractivity contribution in [1.82, 2.24) is 0 Å². The molecule has 0 amide bonds. The fourth-order valence-electron chi connectivity index (χ4n) is 1.70. The van der Waals surface area contributed by atoms with Crippen LogP contribution in [0, 0.1) is 6.92 Å². The molecule has 0 spiro atoms. The Morgan fingerprint density at radius 2 is 1.94 bits per heavy atom. The summed E-state index contributed by atoms with van der Waals surface area (Å²) in [6.07, 6.45) is 0. The predicted octanol–water partition coefficient (Wildman–Crippen LogP) is 4.13. The van der Waals surface area contributed by atoms with Crippen LogP contribution in [0.2, 0.25) is 0 Å². The Hall–Kier alpha value is -1.61. The van der Waals surface area contributed by atoms with E-state index in [-0.39, 0.29) is 0 Å². The Morgan fingerprint density at radius 3 is 2.67 bits per heavy atom. The lowest BCUT2D eigenvalue weighted by Crippen LogP contribution is -1.94. The molecule has 94 valence electrons. The summed E-state index contributed by atoms with van der Waals surface area (Å²) in [6, 6.07) is 14.2. The van der Waals surface area contributed by atoms with Gasteiger partial charge in [0.25, 0.3) is 0 Å². The summed E-state index contributed by atoms with van der Waals surface area (Å²) < 4.78 is 5.50. The molecule has 0 fully saturated rings. The molecule has 0 radical (unpaired) electrons. The zero-order chi connectivity index (χ0) is 13.0. The van der Waals surface area contributed by atoms with E-state index in [0.29, 0.717) is 6.61 Å². The molecule has 2 rings (SSSR count). The number of anilines is 1. The first kappa shape index (κ1) is 12.8. The largest absolute Gasteiger partial charge is 0.494 e. The number of ether oxygens (including phenoxy) is 1. The average Bonchev–Trinajstić information content (AvgIpc) is 2.32. The zero-order valence-electron chi connectivity index (χ0n) is 10.6. The topological polar surface area (TPSA) is 35.2 Å². The number of nitrogen functional groups attached to an aromatic ring is 1. The van der Waals surface area contributed by atoms with E-state index >= 15 is 0 Å². The van der Waals surface area contributed by atoms with Gasteiger partial charge >= 0.3 is 0 Å². The van der Waals surface area contributed by atoms with Crippen molar-refractivity contribution in [3.63, 3.8) is 0 Å². The van der Waals surface area contributed by atoms with Crippen LogP contribution >= 0.6 is 11.8 Å². The van der Waals surface area contributed by atoms with Gasteiger partial charge in [0.2, 0.25) is 0 Å². The highest BCUT2D eigenvalue weighted by molar-refractivity contribution is 7.99. The Kier molecular flexibility index (Phi) is 4.15. The van der Waals surface area contributed by atoms with Crippen molar-refractivity contribution in [3.05, 3.63) is 48.0 Å². The number of nitrogens with two attached hydrogens (primary N) is 1. The van der Waals surface area contributed by atoms with Gasteiger partial charge in [0.15, 0.2) is 0 Å². The standard InChI is InChI=1S/C15H17NOS/c1-3-17-13-8-12(16)9-14(10-13)18-15-7-5-4-6-11(15)2/h4-10H,3,16H2,1-2H3. The molecule has 0 aromatic heterocycles. The van der Waals surface area contributed by atoms with Gasteiger partial charge in [-0.2, -0.15) is 0 Å². The summed E-state index contributed by atoms with van der Waals surface area (Å²) >= 11 is 1.71. The summed E-state index contributed by atoms with van der Waals surface area (Å²) in [7, 11) is 0. The van der Waals surface area contributed by atoms with Crippen LogP contribution in [0.4, 0.5) is 5.69 Å². The normalized spacial score (nSPS) is 10.3. The molecule has 2 aromatic carbocycles. The Labute approximate surface area is 112 Å². The third kappa shape index (κ3) is 3.20.